The van der Waals surface area contributed by atoms with Crippen molar-refractivity contribution >= 4 is 5.95 Å². The van der Waals surface area contributed by atoms with Crippen LogP contribution in [0.3, 0.4) is 0 Å². The molecule has 0 saturated heterocycles. The van der Waals surface area contributed by atoms with Crippen molar-refractivity contribution in [3.63, 3.8) is 0 Å². The summed E-state index contributed by atoms with van der Waals surface area (Å²) in [5.74, 6) is 1.33. The van der Waals surface area contributed by atoms with Crippen molar-refractivity contribution in [1.29, 1.82) is 0 Å². The van der Waals surface area contributed by atoms with Gasteiger partial charge in [-0.05, 0) is 31.2 Å². The lowest BCUT2D eigenvalue weighted by Gasteiger charge is -2.22. The summed E-state index contributed by atoms with van der Waals surface area (Å²) in [5, 5.41) is 7.94. The van der Waals surface area contributed by atoms with Crippen LogP contribution < -0.4 is 5.32 Å². The van der Waals surface area contributed by atoms with Gasteiger partial charge in [-0.3, -0.25) is 4.68 Å². The Balaban J connectivity index is 1.82. The molecule has 2 aromatic rings. The zero-order valence-corrected chi connectivity index (χ0v) is 14.4. The van der Waals surface area contributed by atoms with Crippen LogP contribution in [0.15, 0.2) is 18.5 Å². The minimum Gasteiger partial charge on any atom is -0.351 e. The maximum absolute atomic E-state index is 4.74. The van der Waals surface area contributed by atoms with E-state index in [4.69, 9.17) is 4.98 Å². The van der Waals surface area contributed by atoms with Crippen LogP contribution in [0.25, 0.3) is 11.3 Å². The van der Waals surface area contributed by atoms with Gasteiger partial charge in [0.15, 0.2) is 0 Å². The van der Waals surface area contributed by atoms with Crippen molar-refractivity contribution in [2.24, 2.45) is 13.0 Å². The molecule has 5 nitrogen and oxygen atoms in total. The van der Waals surface area contributed by atoms with E-state index in [2.05, 4.69) is 29.2 Å². The van der Waals surface area contributed by atoms with E-state index in [1.54, 1.807) is 0 Å². The number of nitrogens with one attached hydrogen (secondary N) is 1. The molecule has 0 radical (unpaired) electrons. The van der Waals surface area contributed by atoms with Gasteiger partial charge >= 0.3 is 0 Å². The number of rotatable bonds is 5. The zero-order valence-electron chi connectivity index (χ0n) is 14.4. The van der Waals surface area contributed by atoms with Crippen molar-refractivity contribution in [2.75, 3.05) is 5.32 Å². The van der Waals surface area contributed by atoms with Gasteiger partial charge in [0.2, 0.25) is 5.95 Å². The van der Waals surface area contributed by atoms with E-state index < -0.39 is 0 Å². The van der Waals surface area contributed by atoms with Crippen LogP contribution in [0.4, 0.5) is 5.95 Å². The van der Waals surface area contributed by atoms with Crippen LogP contribution in [0.1, 0.15) is 51.6 Å². The minimum atomic E-state index is 0.517. The SMILES string of the molecule is CC(C)Cc1c(-c2ccnc(NC3CCCCC3)n2)cnn1C. The molecule has 0 amide bonds. The van der Waals surface area contributed by atoms with Gasteiger partial charge in [-0.25, -0.2) is 9.97 Å². The van der Waals surface area contributed by atoms with Gasteiger partial charge in [0.25, 0.3) is 0 Å². The maximum Gasteiger partial charge on any atom is 0.223 e. The smallest absolute Gasteiger partial charge is 0.223 e. The van der Waals surface area contributed by atoms with Crippen LogP contribution >= 0.6 is 0 Å². The zero-order chi connectivity index (χ0) is 16.2. The van der Waals surface area contributed by atoms with Crippen molar-refractivity contribution in [1.82, 2.24) is 19.7 Å². The van der Waals surface area contributed by atoms with Gasteiger partial charge in [0, 0.05) is 30.5 Å². The highest BCUT2D eigenvalue weighted by atomic mass is 15.3. The average molecular weight is 313 g/mol. The summed E-state index contributed by atoms with van der Waals surface area (Å²) in [4.78, 5) is 9.15. The monoisotopic (exact) mass is 313 g/mol. The van der Waals surface area contributed by atoms with Gasteiger partial charge in [0.05, 0.1) is 11.9 Å². The standard InChI is InChI=1S/C18H27N5/c1-13(2)11-17-15(12-20-23(17)3)16-9-10-19-18(22-16)21-14-7-5-4-6-8-14/h9-10,12-14H,4-8,11H2,1-3H3,(H,19,21,22). The third-order valence-electron chi connectivity index (χ3n) is 4.53. The number of aromatic nitrogens is 4. The lowest BCUT2D eigenvalue weighted by atomic mass is 9.96. The fraction of sp³-hybridized carbons (Fsp3) is 0.611. The van der Waals surface area contributed by atoms with Crippen molar-refractivity contribution < 1.29 is 0 Å². The average Bonchev–Trinajstić information content (AvgIpc) is 2.89. The Labute approximate surface area is 138 Å². The first-order chi connectivity index (χ1) is 11.1. The van der Waals surface area contributed by atoms with E-state index in [-0.39, 0.29) is 0 Å². The topological polar surface area (TPSA) is 55.6 Å². The highest BCUT2D eigenvalue weighted by Crippen LogP contribution is 2.25. The second-order valence-electron chi connectivity index (χ2n) is 6.97. The van der Waals surface area contributed by atoms with E-state index >= 15 is 0 Å². The van der Waals surface area contributed by atoms with E-state index in [9.17, 15) is 0 Å². The Kier molecular flexibility index (Phi) is 4.94. The molecular formula is C18H27N5. The quantitative estimate of drug-likeness (QED) is 0.911. The number of nitrogens with zero attached hydrogens (tertiary/aromatic N) is 4. The molecule has 1 aliphatic carbocycles. The summed E-state index contributed by atoms with van der Waals surface area (Å²) in [6.45, 7) is 4.46. The Morgan fingerprint density at radius 1 is 1.26 bits per heavy atom. The first-order valence-corrected chi connectivity index (χ1v) is 8.74. The minimum absolute atomic E-state index is 0.517. The Morgan fingerprint density at radius 3 is 2.78 bits per heavy atom. The van der Waals surface area contributed by atoms with Crippen LogP contribution in [0.5, 0.6) is 0 Å². The molecule has 1 N–H and O–H groups in total. The molecule has 23 heavy (non-hydrogen) atoms. The predicted molar refractivity (Wildman–Crippen MR) is 93.3 cm³/mol. The third kappa shape index (κ3) is 3.89. The Hall–Kier alpha value is -1.91. The van der Waals surface area contributed by atoms with Crippen LogP contribution in [0, 0.1) is 5.92 Å². The third-order valence-corrected chi connectivity index (χ3v) is 4.53. The van der Waals surface area contributed by atoms with Gasteiger partial charge in [-0.1, -0.05) is 33.1 Å². The van der Waals surface area contributed by atoms with E-state index in [0.717, 1.165) is 23.6 Å². The van der Waals surface area contributed by atoms with Crippen molar-refractivity contribution in [3.05, 3.63) is 24.2 Å². The van der Waals surface area contributed by atoms with Gasteiger partial charge < -0.3 is 5.32 Å². The number of hydrogen-bond acceptors (Lipinski definition) is 4. The Bertz CT molecular complexity index is 641. The van der Waals surface area contributed by atoms with Crippen LogP contribution in [-0.2, 0) is 13.5 Å². The molecule has 1 aliphatic rings. The van der Waals surface area contributed by atoms with Crippen molar-refractivity contribution in [2.45, 2.75) is 58.4 Å². The molecule has 0 spiro atoms. The van der Waals surface area contributed by atoms with E-state index in [0.29, 0.717) is 12.0 Å². The van der Waals surface area contributed by atoms with Gasteiger partial charge in [-0.15, -0.1) is 0 Å². The molecule has 5 heteroatoms. The van der Waals surface area contributed by atoms with Gasteiger partial charge in [0.1, 0.15) is 0 Å². The normalized spacial score (nSPS) is 16.0. The first-order valence-electron chi connectivity index (χ1n) is 8.74. The number of hydrogen-bond donors (Lipinski definition) is 1. The largest absolute Gasteiger partial charge is 0.351 e. The second-order valence-corrected chi connectivity index (χ2v) is 6.97. The molecule has 0 atom stereocenters. The van der Waals surface area contributed by atoms with Crippen LogP contribution in [0.2, 0.25) is 0 Å². The molecule has 1 saturated carbocycles. The molecule has 2 heterocycles. The molecule has 0 aliphatic heterocycles. The molecule has 3 rings (SSSR count). The molecule has 0 bridgehead atoms. The molecule has 0 aromatic carbocycles. The molecule has 2 aromatic heterocycles. The van der Waals surface area contributed by atoms with E-state index in [1.165, 1.54) is 37.8 Å². The second kappa shape index (κ2) is 7.11. The Morgan fingerprint density at radius 2 is 2.04 bits per heavy atom. The van der Waals surface area contributed by atoms with Crippen LogP contribution in [-0.4, -0.2) is 25.8 Å². The summed E-state index contributed by atoms with van der Waals surface area (Å²) >= 11 is 0. The summed E-state index contributed by atoms with van der Waals surface area (Å²) in [7, 11) is 2.00. The summed E-state index contributed by atoms with van der Waals surface area (Å²) < 4.78 is 1.96. The van der Waals surface area contributed by atoms with Gasteiger partial charge in [-0.2, -0.15) is 5.10 Å². The lowest BCUT2D eigenvalue weighted by molar-refractivity contribution is 0.461. The maximum atomic E-state index is 4.74. The number of anilines is 1. The van der Waals surface area contributed by atoms with E-state index in [1.807, 2.05) is 30.2 Å². The first kappa shape index (κ1) is 16.0. The summed E-state index contributed by atoms with van der Waals surface area (Å²) in [5.41, 5.74) is 3.32. The fourth-order valence-corrected chi connectivity index (χ4v) is 3.31. The highest BCUT2D eigenvalue weighted by molar-refractivity contribution is 5.62. The lowest BCUT2D eigenvalue weighted by Crippen LogP contribution is -2.23. The van der Waals surface area contributed by atoms with Crippen molar-refractivity contribution in [3.8, 4) is 11.3 Å². The molecule has 1 fully saturated rings. The summed E-state index contributed by atoms with van der Waals surface area (Å²) in [6, 6.07) is 2.50. The highest BCUT2D eigenvalue weighted by Gasteiger charge is 2.16. The fourth-order valence-electron chi connectivity index (χ4n) is 3.31. The summed E-state index contributed by atoms with van der Waals surface area (Å²) in [6.07, 6.45) is 11.2. The molecular weight excluding hydrogens is 286 g/mol. The molecule has 124 valence electrons. The number of aryl methyl sites for hydroxylation is 1. The molecule has 0 unspecified atom stereocenters. The predicted octanol–water partition coefficient (Wildman–Crippen LogP) is 3.82.